The van der Waals surface area contributed by atoms with Crippen molar-refractivity contribution >= 4 is 77.2 Å². The molecule has 1 aliphatic rings. The molecule has 0 unspecified atom stereocenters. The van der Waals surface area contributed by atoms with Crippen LogP contribution in [0.3, 0.4) is 0 Å². The fraction of sp³-hybridized carbons (Fsp3) is 0.176. The maximum Gasteiger partial charge on any atom is 0.494 e. The summed E-state index contributed by atoms with van der Waals surface area (Å²) in [4.78, 5) is 0. The summed E-state index contributed by atoms with van der Waals surface area (Å²) in [6, 6.07) is 33.8. The van der Waals surface area contributed by atoms with E-state index in [0.29, 0.717) is 0 Å². The molecule has 1 fully saturated rings. The topological polar surface area (TPSA) is 18.5 Å². The number of rotatable bonds is 1. The molecule has 1 heterocycles. The van der Waals surface area contributed by atoms with Crippen molar-refractivity contribution in [2.75, 3.05) is 0 Å². The van der Waals surface area contributed by atoms with Crippen molar-refractivity contribution in [1.29, 1.82) is 0 Å². The lowest BCUT2D eigenvalue weighted by Gasteiger charge is -2.32. The zero-order valence-corrected chi connectivity index (χ0v) is 21.6. The van der Waals surface area contributed by atoms with Gasteiger partial charge < -0.3 is 9.31 Å². The molecule has 0 N–H and O–H groups in total. The second-order valence-electron chi connectivity index (χ2n) is 11.6. The highest BCUT2D eigenvalue weighted by molar-refractivity contribution is 6.63. The highest BCUT2D eigenvalue weighted by Crippen LogP contribution is 2.43. The number of benzene rings is 6. The molecule has 0 atom stereocenters. The molecule has 1 saturated heterocycles. The van der Waals surface area contributed by atoms with Gasteiger partial charge in [0.1, 0.15) is 0 Å². The molecule has 0 aliphatic carbocycles. The van der Waals surface area contributed by atoms with Gasteiger partial charge in [0, 0.05) is 0 Å². The second-order valence-corrected chi connectivity index (χ2v) is 11.6. The summed E-state index contributed by atoms with van der Waals surface area (Å²) in [5.41, 5.74) is 0.287. The molecule has 0 amide bonds. The van der Waals surface area contributed by atoms with Crippen LogP contribution < -0.4 is 5.46 Å². The van der Waals surface area contributed by atoms with E-state index in [4.69, 9.17) is 9.31 Å². The number of hydrogen-bond acceptors (Lipinski definition) is 2. The molecule has 8 rings (SSSR count). The van der Waals surface area contributed by atoms with Crippen LogP contribution in [-0.4, -0.2) is 18.3 Å². The molecule has 1 aliphatic heterocycles. The van der Waals surface area contributed by atoms with Gasteiger partial charge >= 0.3 is 7.12 Å². The first-order valence-corrected chi connectivity index (χ1v) is 13.1. The first-order chi connectivity index (χ1) is 17.8. The Bertz CT molecular complexity index is 2030. The lowest BCUT2D eigenvalue weighted by molar-refractivity contribution is 0.00578. The highest BCUT2D eigenvalue weighted by atomic mass is 16.7. The first kappa shape index (κ1) is 21.4. The zero-order chi connectivity index (χ0) is 25.1. The summed E-state index contributed by atoms with van der Waals surface area (Å²) in [6.07, 6.45) is 0. The average Bonchev–Trinajstić information content (AvgIpc) is 3.12. The quantitative estimate of drug-likeness (QED) is 0.174. The van der Waals surface area contributed by atoms with Crippen LogP contribution in [0.1, 0.15) is 27.7 Å². The molecular weight excluding hydrogens is 451 g/mol. The molecule has 178 valence electrons. The van der Waals surface area contributed by atoms with Gasteiger partial charge in [0.25, 0.3) is 0 Å². The molecule has 0 bridgehead atoms. The molecule has 0 aromatic heterocycles. The van der Waals surface area contributed by atoms with Crippen molar-refractivity contribution < 1.29 is 9.31 Å². The molecule has 0 spiro atoms. The smallest absolute Gasteiger partial charge is 0.399 e. The third kappa shape index (κ3) is 2.79. The lowest BCUT2D eigenvalue weighted by Crippen LogP contribution is -2.41. The number of fused-ring (bicyclic) bond motifs is 2. The summed E-state index contributed by atoms with van der Waals surface area (Å²) in [6.45, 7) is 8.47. The van der Waals surface area contributed by atoms with Crippen LogP contribution in [0.25, 0.3) is 64.6 Å². The van der Waals surface area contributed by atoms with E-state index in [0.717, 1.165) is 5.46 Å². The first-order valence-electron chi connectivity index (χ1n) is 13.1. The van der Waals surface area contributed by atoms with Crippen LogP contribution in [0, 0.1) is 0 Å². The van der Waals surface area contributed by atoms with Crippen molar-refractivity contribution in [3.05, 3.63) is 91.0 Å². The minimum absolute atomic E-state index is 0.390. The van der Waals surface area contributed by atoms with Gasteiger partial charge in [0.15, 0.2) is 0 Å². The van der Waals surface area contributed by atoms with E-state index >= 15 is 0 Å². The number of hydrogen-bond donors (Lipinski definition) is 0. The van der Waals surface area contributed by atoms with Gasteiger partial charge in [-0.2, -0.15) is 0 Å². The summed E-state index contributed by atoms with van der Waals surface area (Å²) < 4.78 is 13.0. The fourth-order valence-electron chi connectivity index (χ4n) is 6.42. The highest BCUT2D eigenvalue weighted by Gasteiger charge is 2.51. The van der Waals surface area contributed by atoms with E-state index in [1.807, 2.05) is 0 Å². The van der Waals surface area contributed by atoms with Crippen LogP contribution >= 0.6 is 0 Å². The molecule has 7 aromatic rings. The van der Waals surface area contributed by atoms with Crippen molar-refractivity contribution in [3.8, 4) is 0 Å². The molecule has 3 heteroatoms. The Morgan fingerprint density at radius 1 is 0.459 bits per heavy atom. The van der Waals surface area contributed by atoms with E-state index in [1.54, 1.807) is 0 Å². The Hall–Kier alpha value is -3.66. The van der Waals surface area contributed by atoms with Crippen LogP contribution in [0.4, 0.5) is 0 Å². The Kier molecular flexibility index (Phi) is 4.06. The largest absolute Gasteiger partial charge is 0.494 e. The van der Waals surface area contributed by atoms with Crippen molar-refractivity contribution in [1.82, 2.24) is 0 Å². The third-order valence-corrected chi connectivity index (χ3v) is 8.97. The van der Waals surface area contributed by atoms with E-state index < -0.39 is 7.12 Å². The summed E-state index contributed by atoms with van der Waals surface area (Å²) >= 11 is 0. The Balaban J connectivity index is 1.64. The predicted molar refractivity (Wildman–Crippen MR) is 158 cm³/mol. The van der Waals surface area contributed by atoms with E-state index in [1.165, 1.54) is 64.6 Å². The van der Waals surface area contributed by atoms with Gasteiger partial charge in [-0.1, -0.05) is 91.0 Å². The zero-order valence-electron chi connectivity index (χ0n) is 21.6. The normalized spacial score (nSPS) is 17.4. The van der Waals surface area contributed by atoms with E-state index in [2.05, 4.69) is 119 Å². The van der Waals surface area contributed by atoms with Gasteiger partial charge in [-0.3, -0.25) is 0 Å². The van der Waals surface area contributed by atoms with Gasteiger partial charge in [0.05, 0.1) is 11.2 Å². The van der Waals surface area contributed by atoms with Crippen LogP contribution in [-0.2, 0) is 9.31 Å². The molecule has 2 nitrogen and oxygen atoms in total. The molecule has 0 saturated carbocycles. The van der Waals surface area contributed by atoms with Gasteiger partial charge in [-0.05, 0) is 97.8 Å². The predicted octanol–water partition coefficient (Wildman–Crippen LogP) is 8.34. The minimum Gasteiger partial charge on any atom is -0.399 e. The maximum absolute atomic E-state index is 6.52. The molecular formula is C34H27BO2. The fourth-order valence-corrected chi connectivity index (χ4v) is 6.42. The Morgan fingerprint density at radius 2 is 0.865 bits per heavy atom. The summed E-state index contributed by atoms with van der Waals surface area (Å²) in [5.74, 6) is 0. The molecule has 37 heavy (non-hydrogen) atoms. The molecule has 7 aromatic carbocycles. The minimum atomic E-state index is -0.413. The van der Waals surface area contributed by atoms with E-state index in [-0.39, 0.29) is 11.2 Å². The second kappa shape index (κ2) is 7.01. The van der Waals surface area contributed by atoms with Crippen LogP contribution in [0.2, 0.25) is 0 Å². The SMILES string of the molecule is CC1(C)OB(c2cc3ccc4cccc5c6cccc7ccc8cccc(c(c2)c3c45)c8c76)OC1(C)C. The van der Waals surface area contributed by atoms with Crippen molar-refractivity contribution in [2.24, 2.45) is 0 Å². The Labute approximate surface area is 216 Å². The van der Waals surface area contributed by atoms with Gasteiger partial charge in [-0.25, -0.2) is 0 Å². The van der Waals surface area contributed by atoms with Gasteiger partial charge in [-0.15, -0.1) is 0 Å². The summed E-state index contributed by atoms with van der Waals surface area (Å²) in [7, 11) is -0.413. The van der Waals surface area contributed by atoms with E-state index in [9.17, 15) is 0 Å². The summed E-state index contributed by atoms with van der Waals surface area (Å²) in [5, 5.41) is 15.4. The Morgan fingerprint density at radius 3 is 1.35 bits per heavy atom. The van der Waals surface area contributed by atoms with Crippen molar-refractivity contribution in [2.45, 2.75) is 38.9 Å². The maximum atomic E-state index is 6.52. The van der Waals surface area contributed by atoms with Crippen LogP contribution in [0.15, 0.2) is 91.0 Å². The third-order valence-electron chi connectivity index (χ3n) is 8.97. The average molecular weight is 478 g/mol. The van der Waals surface area contributed by atoms with Crippen LogP contribution in [0.5, 0.6) is 0 Å². The standard InChI is InChI=1S/C34H27BO2/c1-33(2)34(3,4)37-35(36-33)24-18-23-17-16-22-9-6-12-26-25-11-5-8-20-14-15-21-10-7-13-27(31(21)29(20)25)28(19-24)32(23)30(22)26/h5-19H,1-4H3. The lowest BCUT2D eigenvalue weighted by atomic mass is 9.76. The monoisotopic (exact) mass is 478 g/mol. The van der Waals surface area contributed by atoms with Crippen molar-refractivity contribution in [3.63, 3.8) is 0 Å². The van der Waals surface area contributed by atoms with Gasteiger partial charge in [0.2, 0.25) is 0 Å². The molecule has 0 radical (unpaired) electrons.